The van der Waals surface area contributed by atoms with E-state index >= 15 is 0 Å². The maximum atomic E-state index is 14.4. The minimum absolute atomic E-state index is 0.0634. The molecule has 0 atom stereocenters. The van der Waals surface area contributed by atoms with Crippen molar-refractivity contribution in [3.8, 4) is 0 Å². The zero-order valence-corrected chi connectivity index (χ0v) is 14.1. The first-order valence-electron chi connectivity index (χ1n) is 8.19. The Morgan fingerprint density at radius 2 is 1.74 bits per heavy atom. The van der Waals surface area contributed by atoms with Crippen molar-refractivity contribution in [3.05, 3.63) is 53.3 Å². The van der Waals surface area contributed by atoms with Crippen LogP contribution < -0.4 is 16.4 Å². The van der Waals surface area contributed by atoms with Gasteiger partial charge in [0.2, 0.25) is 0 Å². The molecule has 3 rings (SSSR count). The first-order chi connectivity index (χ1) is 12.7. The van der Waals surface area contributed by atoms with E-state index in [1.165, 1.54) is 24.3 Å². The highest BCUT2D eigenvalue weighted by Crippen LogP contribution is 2.31. The molecule has 27 heavy (non-hydrogen) atoms. The number of ether oxygens (including phenoxy) is 1. The lowest BCUT2D eigenvalue weighted by Gasteiger charge is -2.14. The first kappa shape index (κ1) is 18.8. The normalized spacial score (nSPS) is 13.9. The number of anilines is 3. The number of hydrogen-bond acceptors (Lipinski definition) is 4. The molecule has 144 valence electrons. The topological polar surface area (TPSA) is 76.4 Å². The summed E-state index contributed by atoms with van der Waals surface area (Å²) >= 11 is 0. The van der Waals surface area contributed by atoms with Crippen LogP contribution in [0.3, 0.4) is 0 Å². The Morgan fingerprint density at radius 3 is 2.33 bits per heavy atom. The van der Waals surface area contributed by atoms with Gasteiger partial charge in [-0.05, 0) is 42.7 Å². The molecule has 0 saturated heterocycles. The molecule has 0 unspecified atom stereocenters. The molecule has 9 heteroatoms. The molecule has 1 aliphatic rings. The van der Waals surface area contributed by atoms with E-state index in [0.29, 0.717) is 5.56 Å². The quantitative estimate of drug-likeness (QED) is 0.514. The average molecular weight is 383 g/mol. The van der Waals surface area contributed by atoms with E-state index in [2.05, 4.69) is 10.6 Å². The fraction of sp³-hybridized carbons (Fsp3) is 0.278. The number of amides is 1. The van der Waals surface area contributed by atoms with Gasteiger partial charge in [-0.1, -0.05) is 12.1 Å². The SMILES string of the molecule is Nc1c(NC(=O)OC2CC2)ccc(NCc2ccc(C(F)(F)F)cc2)c1F. The zero-order valence-electron chi connectivity index (χ0n) is 14.1. The molecule has 4 N–H and O–H groups in total. The molecule has 0 bridgehead atoms. The van der Waals surface area contributed by atoms with Crippen molar-refractivity contribution in [1.29, 1.82) is 0 Å². The maximum Gasteiger partial charge on any atom is 0.416 e. The van der Waals surface area contributed by atoms with Crippen LogP contribution in [0.4, 0.5) is 39.4 Å². The Balaban J connectivity index is 1.63. The number of nitrogens with one attached hydrogen (secondary N) is 2. The summed E-state index contributed by atoms with van der Waals surface area (Å²) in [6.45, 7) is 0.102. The second-order valence-electron chi connectivity index (χ2n) is 6.17. The second kappa shape index (κ2) is 7.34. The molecule has 0 radical (unpaired) electrons. The van der Waals surface area contributed by atoms with Crippen LogP contribution in [0.15, 0.2) is 36.4 Å². The van der Waals surface area contributed by atoms with Crippen LogP contribution in [-0.2, 0) is 17.5 Å². The molecule has 2 aromatic rings. The molecule has 0 heterocycles. The third-order valence-electron chi connectivity index (χ3n) is 3.98. The van der Waals surface area contributed by atoms with Gasteiger partial charge in [-0.25, -0.2) is 9.18 Å². The fourth-order valence-electron chi connectivity index (χ4n) is 2.32. The van der Waals surface area contributed by atoms with Crippen LogP contribution >= 0.6 is 0 Å². The van der Waals surface area contributed by atoms with Crippen LogP contribution in [0.2, 0.25) is 0 Å². The standard InChI is InChI=1S/C18H17F4N3O2/c19-15-13(24-9-10-1-3-11(4-2-10)18(20,21)22)7-8-14(16(15)23)25-17(26)27-12-5-6-12/h1-4,7-8,12,24H,5-6,9,23H2,(H,25,26). The van der Waals surface area contributed by atoms with Gasteiger partial charge in [-0.2, -0.15) is 13.2 Å². The van der Waals surface area contributed by atoms with E-state index in [-0.39, 0.29) is 29.7 Å². The van der Waals surface area contributed by atoms with Gasteiger partial charge in [0.1, 0.15) is 6.10 Å². The average Bonchev–Trinajstić information content (AvgIpc) is 3.42. The van der Waals surface area contributed by atoms with Gasteiger partial charge in [0.15, 0.2) is 5.82 Å². The number of halogens is 4. The molecule has 5 nitrogen and oxygen atoms in total. The summed E-state index contributed by atoms with van der Waals surface area (Å²) in [6, 6.07) is 7.33. The monoisotopic (exact) mass is 383 g/mol. The molecule has 0 aromatic heterocycles. The Labute approximate surface area is 152 Å². The molecule has 1 fully saturated rings. The minimum Gasteiger partial charge on any atom is -0.446 e. The molecular formula is C18H17F4N3O2. The van der Waals surface area contributed by atoms with Gasteiger partial charge in [-0.3, -0.25) is 5.32 Å². The van der Waals surface area contributed by atoms with Crippen molar-refractivity contribution >= 4 is 23.2 Å². The van der Waals surface area contributed by atoms with Crippen LogP contribution in [0.25, 0.3) is 0 Å². The van der Waals surface area contributed by atoms with Crippen molar-refractivity contribution in [2.75, 3.05) is 16.4 Å². The van der Waals surface area contributed by atoms with E-state index in [4.69, 9.17) is 10.5 Å². The van der Waals surface area contributed by atoms with E-state index in [9.17, 15) is 22.4 Å². The van der Waals surface area contributed by atoms with Crippen LogP contribution in [0, 0.1) is 5.82 Å². The number of hydrogen-bond donors (Lipinski definition) is 3. The molecule has 1 amide bonds. The van der Waals surface area contributed by atoms with Crippen LogP contribution in [0.1, 0.15) is 24.0 Å². The molecule has 1 saturated carbocycles. The highest BCUT2D eigenvalue weighted by atomic mass is 19.4. The van der Waals surface area contributed by atoms with Gasteiger partial charge >= 0.3 is 12.3 Å². The Morgan fingerprint density at radius 1 is 1.11 bits per heavy atom. The third kappa shape index (κ3) is 4.81. The smallest absolute Gasteiger partial charge is 0.416 e. The van der Waals surface area contributed by atoms with E-state index in [0.717, 1.165) is 25.0 Å². The third-order valence-corrected chi connectivity index (χ3v) is 3.98. The van der Waals surface area contributed by atoms with Gasteiger partial charge in [0.05, 0.1) is 22.6 Å². The highest BCUT2D eigenvalue weighted by Gasteiger charge is 2.30. The Bertz CT molecular complexity index is 834. The number of nitrogens with two attached hydrogens (primary N) is 1. The number of benzene rings is 2. The van der Waals surface area contributed by atoms with Crippen molar-refractivity contribution < 1.29 is 27.1 Å². The van der Waals surface area contributed by atoms with Crippen molar-refractivity contribution in [2.45, 2.75) is 31.7 Å². The molecule has 0 aliphatic heterocycles. The summed E-state index contributed by atoms with van der Waals surface area (Å²) in [6.07, 6.45) is -3.58. The summed E-state index contributed by atoms with van der Waals surface area (Å²) < 4.78 is 57.0. The van der Waals surface area contributed by atoms with Gasteiger partial charge < -0.3 is 15.8 Å². The molecule has 0 spiro atoms. The van der Waals surface area contributed by atoms with Gasteiger partial charge in [0.25, 0.3) is 0 Å². The lowest BCUT2D eigenvalue weighted by molar-refractivity contribution is -0.137. The maximum absolute atomic E-state index is 14.4. The fourth-order valence-corrected chi connectivity index (χ4v) is 2.32. The Kier molecular flexibility index (Phi) is 5.11. The van der Waals surface area contributed by atoms with Crippen molar-refractivity contribution in [2.24, 2.45) is 0 Å². The van der Waals surface area contributed by atoms with E-state index in [1.807, 2.05) is 0 Å². The van der Waals surface area contributed by atoms with E-state index < -0.39 is 23.7 Å². The number of carbonyl (C=O) groups excluding carboxylic acids is 1. The summed E-state index contributed by atoms with van der Waals surface area (Å²) in [4.78, 5) is 11.6. The largest absolute Gasteiger partial charge is 0.446 e. The van der Waals surface area contributed by atoms with Gasteiger partial charge in [-0.15, -0.1) is 0 Å². The predicted octanol–water partition coefficient (Wildman–Crippen LogP) is 4.75. The number of carbonyl (C=O) groups is 1. The molecular weight excluding hydrogens is 366 g/mol. The molecule has 1 aliphatic carbocycles. The van der Waals surface area contributed by atoms with Crippen molar-refractivity contribution in [3.63, 3.8) is 0 Å². The number of nitrogen functional groups attached to an aromatic ring is 1. The second-order valence-corrected chi connectivity index (χ2v) is 6.17. The lowest BCUT2D eigenvalue weighted by atomic mass is 10.1. The lowest BCUT2D eigenvalue weighted by Crippen LogP contribution is -2.16. The van der Waals surface area contributed by atoms with Crippen LogP contribution in [-0.4, -0.2) is 12.2 Å². The first-order valence-corrected chi connectivity index (χ1v) is 8.19. The molecule has 2 aromatic carbocycles. The highest BCUT2D eigenvalue weighted by molar-refractivity contribution is 5.90. The summed E-state index contributed by atoms with van der Waals surface area (Å²) in [5, 5.41) is 5.15. The zero-order chi connectivity index (χ0) is 19.6. The minimum atomic E-state index is -4.41. The van der Waals surface area contributed by atoms with Gasteiger partial charge in [0, 0.05) is 6.54 Å². The number of alkyl halides is 3. The van der Waals surface area contributed by atoms with Crippen molar-refractivity contribution in [1.82, 2.24) is 0 Å². The van der Waals surface area contributed by atoms with E-state index in [1.54, 1.807) is 0 Å². The summed E-state index contributed by atoms with van der Waals surface area (Å²) in [5.41, 5.74) is 5.37. The summed E-state index contributed by atoms with van der Waals surface area (Å²) in [5.74, 6) is -0.772. The number of rotatable bonds is 5. The predicted molar refractivity (Wildman–Crippen MR) is 92.7 cm³/mol. The Hall–Kier alpha value is -2.97. The summed E-state index contributed by atoms with van der Waals surface area (Å²) in [7, 11) is 0. The van der Waals surface area contributed by atoms with Crippen LogP contribution in [0.5, 0.6) is 0 Å².